The van der Waals surface area contributed by atoms with Gasteiger partial charge in [0.1, 0.15) is 5.76 Å². The van der Waals surface area contributed by atoms with Gasteiger partial charge >= 0.3 is 0 Å². The maximum absolute atomic E-state index is 6.07. The number of hydrogen-bond acceptors (Lipinski definition) is 4. The lowest BCUT2D eigenvalue weighted by atomic mass is 10.1. The van der Waals surface area contributed by atoms with Gasteiger partial charge in [-0.25, -0.2) is 0 Å². The number of aromatic nitrogens is 2. The van der Waals surface area contributed by atoms with Crippen LogP contribution < -0.4 is 4.74 Å². The lowest BCUT2D eigenvalue weighted by Gasteiger charge is -2.02. The van der Waals surface area contributed by atoms with Crippen molar-refractivity contribution >= 4 is 23.1 Å². The van der Waals surface area contributed by atoms with Gasteiger partial charge in [0.15, 0.2) is 11.3 Å². The Morgan fingerprint density at radius 3 is 2.32 bits per heavy atom. The first-order valence-electron chi connectivity index (χ1n) is 7.94. The maximum atomic E-state index is 6.07. The van der Waals surface area contributed by atoms with Crippen molar-refractivity contribution in [1.82, 2.24) is 9.97 Å². The van der Waals surface area contributed by atoms with Crippen LogP contribution in [0.15, 0.2) is 71.7 Å². The number of furan rings is 1. The second-order valence-electron chi connectivity index (χ2n) is 5.56. The summed E-state index contributed by atoms with van der Waals surface area (Å²) in [5.41, 5.74) is 3.89. The lowest BCUT2D eigenvalue weighted by molar-refractivity contribution is 0.411. The SMILES string of the molecule is COc1ccc(/C=C/c2ccncc2)c2cc(-c3ccncc3)oc12. The molecule has 0 aliphatic carbocycles. The molecule has 4 heteroatoms. The van der Waals surface area contributed by atoms with Crippen molar-refractivity contribution < 1.29 is 9.15 Å². The molecule has 0 fully saturated rings. The summed E-state index contributed by atoms with van der Waals surface area (Å²) in [5, 5.41) is 1.01. The molecule has 0 aliphatic heterocycles. The van der Waals surface area contributed by atoms with E-state index in [0.717, 1.165) is 39.2 Å². The molecule has 4 rings (SSSR count). The summed E-state index contributed by atoms with van der Waals surface area (Å²) in [4.78, 5) is 8.10. The van der Waals surface area contributed by atoms with Crippen LogP contribution in [0.25, 0.3) is 34.4 Å². The normalized spacial score (nSPS) is 11.2. The van der Waals surface area contributed by atoms with Gasteiger partial charge in [0.05, 0.1) is 7.11 Å². The van der Waals surface area contributed by atoms with E-state index < -0.39 is 0 Å². The average Bonchev–Trinajstić information content (AvgIpc) is 3.13. The molecule has 0 N–H and O–H groups in total. The fourth-order valence-corrected chi connectivity index (χ4v) is 2.74. The van der Waals surface area contributed by atoms with E-state index in [2.05, 4.69) is 22.1 Å². The molecule has 25 heavy (non-hydrogen) atoms. The first-order chi connectivity index (χ1) is 12.3. The van der Waals surface area contributed by atoms with E-state index >= 15 is 0 Å². The Morgan fingerprint density at radius 2 is 1.60 bits per heavy atom. The van der Waals surface area contributed by atoms with Gasteiger partial charge in [-0.2, -0.15) is 0 Å². The summed E-state index contributed by atoms with van der Waals surface area (Å²) in [6, 6.07) is 13.8. The van der Waals surface area contributed by atoms with Crippen molar-refractivity contribution in [1.29, 1.82) is 0 Å². The fourth-order valence-electron chi connectivity index (χ4n) is 2.74. The summed E-state index contributed by atoms with van der Waals surface area (Å²) in [5.74, 6) is 1.51. The third-order valence-corrected chi connectivity index (χ3v) is 4.03. The highest BCUT2D eigenvalue weighted by molar-refractivity contribution is 5.95. The smallest absolute Gasteiger partial charge is 0.177 e. The number of methoxy groups -OCH3 is 1. The minimum Gasteiger partial charge on any atom is -0.493 e. The third kappa shape index (κ3) is 3.02. The molecule has 0 atom stereocenters. The number of ether oxygens (including phenoxy) is 1. The molecule has 4 nitrogen and oxygen atoms in total. The molecule has 4 aromatic rings. The first kappa shape index (κ1) is 15.1. The Hall–Kier alpha value is -3.40. The molecule has 0 saturated carbocycles. The summed E-state index contributed by atoms with van der Waals surface area (Å²) in [7, 11) is 1.65. The molecular formula is C21H16N2O2. The molecule has 0 bridgehead atoms. The highest BCUT2D eigenvalue weighted by Crippen LogP contribution is 2.36. The minimum absolute atomic E-state index is 0.719. The molecule has 3 aromatic heterocycles. The number of nitrogens with zero attached hydrogens (tertiary/aromatic N) is 2. The van der Waals surface area contributed by atoms with Gasteiger partial charge in [-0.1, -0.05) is 18.2 Å². The van der Waals surface area contributed by atoms with Crippen LogP contribution >= 0.6 is 0 Å². The molecule has 3 heterocycles. The van der Waals surface area contributed by atoms with Crippen LogP contribution in [0.1, 0.15) is 11.1 Å². The van der Waals surface area contributed by atoms with E-state index in [1.54, 1.807) is 31.9 Å². The van der Waals surface area contributed by atoms with Gasteiger partial charge < -0.3 is 9.15 Å². The zero-order valence-corrected chi connectivity index (χ0v) is 13.7. The molecule has 0 unspecified atom stereocenters. The quantitative estimate of drug-likeness (QED) is 0.525. The topological polar surface area (TPSA) is 48.2 Å². The van der Waals surface area contributed by atoms with Crippen LogP contribution in [0.5, 0.6) is 5.75 Å². The number of pyridine rings is 2. The van der Waals surface area contributed by atoms with Crippen LogP contribution in [0.3, 0.4) is 0 Å². The van der Waals surface area contributed by atoms with Crippen LogP contribution in [0.2, 0.25) is 0 Å². The Balaban J connectivity index is 1.82. The van der Waals surface area contributed by atoms with Gasteiger partial charge in [0, 0.05) is 35.7 Å². The number of benzene rings is 1. The molecule has 0 saturated heterocycles. The molecule has 0 amide bonds. The Morgan fingerprint density at radius 1 is 0.880 bits per heavy atom. The van der Waals surface area contributed by atoms with E-state index in [1.807, 2.05) is 42.5 Å². The van der Waals surface area contributed by atoms with E-state index in [1.165, 1.54) is 0 Å². The number of fused-ring (bicyclic) bond motifs is 1. The zero-order chi connectivity index (χ0) is 17.1. The second-order valence-corrected chi connectivity index (χ2v) is 5.56. The van der Waals surface area contributed by atoms with Crippen molar-refractivity contribution in [2.24, 2.45) is 0 Å². The van der Waals surface area contributed by atoms with E-state index in [0.29, 0.717) is 0 Å². The molecule has 122 valence electrons. The first-order valence-corrected chi connectivity index (χ1v) is 7.94. The van der Waals surface area contributed by atoms with Crippen LogP contribution in [-0.2, 0) is 0 Å². The second kappa shape index (κ2) is 6.61. The van der Waals surface area contributed by atoms with Crippen LogP contribution in [0.4, 0.5) is 0 Å². The standard InChI is InChI=1S/C21H16N2O2/c1-24-19-5-4-16(3-2-15-6-10-22-11-7-15)18-14-20(25-21(18)19)17-8-12-23-13-9-17/h2-14H,1H3/b3-2+. The Bertz CT molecular complexity index is 1020. The van der Waals surface area contributed by atoms with E-state index in [-0.39, 0.29) is 0 Å². The van der Waals surface area contributed by atoms with Crippen molar-refractivity contribution in [3.8, 4) is 17.1 Å². The fraction of sp³-hybridized carbons (Fsp3) is 0.0476. The van der Waals surface area contributed by atoms with Crippen molar-refractivity contribution in [3.63, 3.8) is 0 Å². The van der Waals surface area contributed by atoms with Gasteiger partial charge in [-0.05, 0) is 47.5 Å². The minimum atomic E-state index is 0.719. The highest BCUT2D eigenvalue weighted by Gasteiger charge is 2.13. The largest absolute Gasteiger partial charge is 0.493 e. The molecule has 1 aromatic carbocycles. The molecular weight excluding hydrogens is 312 g/mol. The maximum Gasteiger partial charge on any atom is 0.177 e. The van der Waals surface area contributed by atoms with Gasteiger partial charge in [-0.3, -0.25) is 9.97 Å². The summed E-state index contributed by atoms with van der Waals surface area (Å²) >= 11 is 0. The summed E-state index contributed by atoms with van der Waals surface area (Å²) in [6.07, 6.45) is 11.2. The van der Waals surface area contributed by atoms with Crippen molar-refractivity contribution in [3.05, 3.63) is 78.4 Å². The van der Waals surface area contributed by atoms with Crippen molar-refractivity contribution in [2.75, 3.05) is 7.11 Å². The molecule has 0 aliphatic rings. The van der Waals surface area contributed by atoms with E-state index in [4.69, 9.17) is 9.15 Å². The van der Waals surface area contributed by atoms with Crippen LogP contribution in [-0.4, -0.2) is 17.1 Å². The van der Waals surface area contributed by atoms with E-state index in [9.17, 15) is 0 Å². The monoisotopic (exact) mass is 328 g/mol. The predicted molar refractivity (Wildman–Crippen MR) is 99.2 cm³/mol. The molecule has 0 spiro atoms. The predicted octanol–water partition coefficient (Wildman–Crippen LogP) is 5.07. The summed E-state index contributed by atoms with van der Waals surface area (Å²) < 4.78 is 11.5. The van der Waals surface area contributed by atoms with Crippen LogP contribution in [0, 0.1) is 0 Å². The zero-order valence-electron chi connectivity index (χ0n) is 13.7. The third-order valence-electron chi connectivity index (χ3n) is 4.03. The van der Waals surface area contributed by atoms with Gasteiger partial charge in [0.25, 0.3) is 0 Å². The Kier molecular flexibility index (Phi) is 4.01. The van der Waals surface area contributed by atoms with Crippen molar-refractivity contribution in [2.45, 2.75) is 0 Å². The number of hydrogen-bond donors (Lipinski definition) is 0. The number of rotatable bonds is 4. The average molecular weight is 328 g/mol. The van der Waals surface area contributed by atoms with Gasteiger partial charge in [-0.15, -0.1) is 0 Å². The van der Waals surface area contributed by atoms with Gasteiger partial charge in [0.2, 0.25) is 0 Å². The highest BCUT2D eigenvalue weighted by atomic mass is 16.5. The molecule has 0 radical (unpaired) electrons. The Labute approximate surface area is 145 Å². The summed E-state index contributed by atoms with van der Waals surface area (Å²) in [6.45, 7) is 0. The lowest BCUT2D eigenvalue weighted by Crippen LogP contribution is -1.84.